The second-order valence-corrected chi connectivity index (χ2v) is 15.4. The van der Waals surface area contributed by atoms with Gasteiger partial charge in [0.1, 0.15) is 11.9 Å². The third kappa shape index (κ3) is 4.11. The summed E-state index contributed by atoms with van der Waals surface area (Å²) in [4.78, 5) is 11.7. The Morgan fingerprint density at radius 2 is 1.85 bits per heavy atom. The maximum absolute atomic E-state index is 11.7. The van der Waals surface area contributed by atoms with E-state index in [1.807, 2.05) is 0 Å². The lowest BCUT2D eigenvalue weighted by molar-refractivity contribution is -0.178. The van der Waals surface area contributed by atoms with Gasteiger partial charge in [0.05, 0.1) is 6.10 Å². The maximum atomic E-state index is 11.7. The van der Waals surface area contributed by atoms with Crippen LogP contribution in [0.25, 0.3) is 6.08 Å². The lowest BCUT2D eigenvalue weighted by Gasteiger charge is -2.61. The number of aliphatic hydroxyl groups is 1. The molecule has 1 N–H and O–H groups in total. The summed E-state index contributed by atoms with van der Waals surface area (Å²) in [6, 6.07) is 8.33. The molecule has 0 bridgehead atoms. The molecule has 0 aromatic heterocycles. The molecular formula is C36H50O5. The highest BCUT2D eigenvalue weighted by molar-refractivity contribution is 5.66. The first-order valence-electron chi connectivity index (χ1n) is 16.5. The molecule has 5 heteroatoms. The van der Waals surface area contributed by atoms with Crippen molar-refractivity contribution in [1.29, 1.82) is 0 Å². The van der Waals surface area contributed by atoms with E-state index < -0.39 is 5.79 Å². The summed E-state index contributed by atoms with van der Waals surface area (Å²) >= 11 is 0. The first kappa shape index (κ1) is 28.0. The van der Waals surface area contributed by atoms with Gasteiger partial charge < -0.3 is 19.3 Å². The predicted molar refractivity (Wildman–Crippen MR) is 159 cm³/mol. The van der Waals surface area contributed by atoms with Crippen LogP contribution in [0.15, 0.2) is 29.8 Å². The predicted octanol–water partition coefficient (Wildman–Crippen LogP) is 7.41. The van der Waals surface area contributed by atoms with E-state index in [-0.39, 0.29) is 42.0 Å². The third-order valence-electron chi connectivity index (χ3n) is 13.3. The summed E-state index contributed by atoms with van der Waals surface area (Å²) in [6.07, 6.45) is 13.0. The summed E-state index contributed by atoms with van der Waals surface area (Å²) in [5.74, 6) is 3.81. The number of benzene rings is 1. The zero-order valence-electron chi connectivity index (χ0n) is 25.7. The number of rotatable bonds is 4. The van der Waals surface area contributed by atoms with Crippen LogP contribution in [0.4, 0.5) is 0 Å². The highest BCUT2D eigenvalue weighted by Crippen LogP contribution is 2.71. The summed E-state index contributed by atoms with van der Waals surface area (Å²) in [6.45, 7) is 11.4. The molecule has 1 aromatic rings. The van der Waals surface area contributed by atoms with Crippen LogP contribution in [-0.4, -0.2) is 35.7 Å². The fraction of sp³-hybridized carbons (Fsp3) is 0.750. The Hall–Kier alpha value is -1.85. The van der Waals surface area contributed by atoms with Gasteiger partial charge in [-0.1, -0.05) is 45.9 Å². The normalized spacial score (nSPS) is 46.7. The van der Waals surface area contributed by atoms with Gasteiger partial charge in [0.15, 0.2) is 0 Å². The number of esters is 1. The van der Waals surface area contributed by atoms with Crippen LogP contribution in [0.3, 0.4) is 0 Å². The van der Waals surface area contributed by atoms with Gasteiger partial charge in [-0.15, -0.1) is 0 Å². The van der Waals surface area contributed by atoms with Gasteiger partial charge in [0.25, 0.3) is 0 Å². The van der Waals surface area contributed by atoms with Crippen LogP contribution < -0.4 is 4.74 Å². The average Bonchev–Trinajstić information content (AvgIpc) is 3.39. The summed E-state index contributed by atoms with van der Waals surface area (Å²) in [7, 11) is 0. The first-order valence-corrected chi connectivity index (χ1v) is 16.5. The average molecular weight is 563 g/mol. The van der Waals surface area contributed by atoms with Gasteiger partial charge >= 0.3 is 5.97 Å². The second-order valence-electron chi connectivity index (χ2n) is 15.4. The number of aliphatic hydroxyl groups excluding tert-OH is 1. The monoisotopic (exact) mass is 562 g/mol. The summed E-state index contributed by atoms with van der Waals surface area (Å²) in [5.41, 5.74) is 2.93. The molecule has 224 valence electrons. The van der Waals surface area contributed by atoms with Crippen molar-refractivity contribution >= 4 is 12.0 Å². The SMILES string of the molecule is CC(=O)O[C@H]1CC[C@@]2(C)[C@H](CC[C@@H]3[C@@H]2CC[C@]2(C)[C@@H]4[C@H](C[C@@H]32)O[C@@]2(Oc3ccccc3C=C2C[C@H](C)CO)[C@H]4C)C1. The number of carbonyl (C=O) groups is 1. The van der Waals surface area contributed by atoms with E-state index in [1.54, 1.807) is 6.92 Å². The van der Waals surface area contributed by atoms with Gasteiger partial charge in [-0.3, -0.25) is 4.79 Å². The van der Waals surface area contributed by atoms with Crippen molar-refractivity contribution in [3.05, 3.63) is 35.4 Å². The van der Waals surface area contributed by atoms with Crippen LogP contribution in [0.5, 0.6) is 5.75 Å². The van der Waals surface area contributed by atoms with Gasteiger partial charge in [-0.2, -0.15) is 0 Å². The standard InChI is InChI=1S/C36H50O5/c1-21(20-37)16-26-17-24-8-6-7-9-31(24)40-36(26)22(2)33-32(41-36)19-30-28-11-10-25-18-27(39-23(3)38)12-14-34(25,4)29(28)13-15-35(30,33)5/h6-9,17,21-22,25,27-30,32-33,37H,10-16,18-20H2,1-5H3/t21-,22-,25+,27-,28+,29-,30-,32-,33-,34-,35-,36-/m0/s1. The smallest absolute Gasteiger partial charge is 0.302 e. The zero-order chi connectivity index (χ0) is 28.7. The molecular weight excluding hydrogens is 512 g/mol. The molecule has 0 radical (unpaired) electrons. The van der Waals surface area contributed by atoms with Gasteiger partial charge in [0, 0.05) is 36.5 Å². The molecule has 6 aliphatic rings. The minimum Gasteiger partial charge on any atom is -0.463 e. The lowest BCUT2D eigenvalue weighted by atomic mass is 9.44. The van der Waals surface area contributed by atoms with Crippen molar-refractivity contribution in [3.63, 3.8) is 0 Å². The Kier molecular flexibility index (Phi) is 6.71. The molecule has 2 heterocycles. The lowest BCUT2D eigenvalue weighted by Crippen LogP contribution is -2.55. The quantitative estimate of drug-likeness (QED) is 0.387. The van der Waals surface area contributed by atoms with Crippen LogP contribution in [0.2, 0.25) is 0 Å². The van der Waals surface area contributed by atoms with E-state index in [0.717, 1.165) is 48.8 Å². The van der Waals surface area contributed by atoms with Crippen LogP contribution in [0, 0.1) is 52.3 Å². The highest BCUT2D eigenvalue weighted by atomic mass is 16.7. The number of ether oxygens (including phenoxy) is 3. The molecule has 0 amide bonds. The molecule has 1 saturated heterocycles. The van der Waals surface area contributed by atoms with Crippen LogP contribution >= 0.6 is 0 Å². The van der Waals surface area contributed by atoms with E-state index >= 15 is 0 Å². The topological polar surface area (TPSA) is 65.0 Å². The number of hydrogen-bond donors (Lipinski definition) is 1. The number of fused-ring (bicyclic) bond motifs is 8. The Morgan fingerprint density at radius 1 is 1.07 bits per heavy atom. The van der Waals surface area contributed by atoms with Crippen LogP contribution in [-0.2, 0) is 14.3 Å². The Morgan fingerprint density at radius 3 is 2.63 bits per heavy atom. The molecule has 12 atom stereocenters. The minimum atomic E-state index is -0.739. The molecule has 4 saturated carbocycles. The number of para-hydroxylation sites is 1. The molecule has 1 spiro atoms. The summed E-state index contributed by atoms with van der Waals surface area (Å²) in [5, 5.41) is 9.95. The van der Waals surface area contributed by atoms with Gasteiger partial charge in [0.2, 0.25) is 5.79 Å². The fourth-order valence-electron chi connectivity index (χ4n) is 11.5. The summed E-state index contributed by atoms with van der Waals surface area (Å²) < 4.78 is 19.9. The Balaban J connectivity index is 1.15. The highest BCUT2D eigenvalue weighted by Gasteiger charge is 2.70. The zero-order valence-corrected chi connectivity index (χ0v) is 25.7. The molecule has 4 aliphatic carbocycles. The fourth-order valence-corrected chi connectivity index (χ4v) is 11.5. The number of carbonyl (C=O) groups excluding carboxylic acids is 1. The van der Waals surface area contributed by atoms with Gasteiger partial charge in [-0.05, 0) is 110 Å². The molecule has 1 aromatic carbocycles. The molecule has 0 unspecified atom stereocenters. The van der Waals surface area contributed by atoms with Gasteiger partial charge in [-0.25, -0.2) is 0 Å². The molecule has 5 nitrogen and oxygen atoms in total. The van der Waals surface area contributed by atoms with Crippen molar-refractivity contribution in [2.75, 3.05) is 6.61 Å². The molecule has 5 fully saturated rings. The minimum absolute atomic E-state index is 0.115. The van der Waals surface area contributed by atoms with Crippen molar-refractivity contribution < 1.29 is 24.1 Å². The van der Waals surface area contributed by atoms with E-state index in [9.17, 15) is 9.90 Å². The number of hydrogen-bond acceptors (Lipinski definition) is 5. The Labute approximate surface area is 246 Å². The van der Waals surface area contributed by atoms with E-state index in [1.165, 1.54) is 37.7 Å². The van der Waals surface area contributed by atoms with Crippen molar-refractivity contribution in [3.8, 4) is 5.75 Å². The molecule has 2 aliphatic heterocycles. The van der Waals surface area contributed by atoms with Crippen molar-refractivity contribution in [1.82, 2.24) is 0 Å². The second kappa shape index (κ2) is 9.84. The molecule has 41 heavy (non-hydrogen) atoms. The largest absolute Gasteiger partial charge is 0.463 e. The van der Waals surface area contributed by atoms with Crippen LogP contribution in [0.1, 0.15) is 98.0 Å². The molecule has 7 rings (SSSR count). The van der Waals surface area contributed by atoms with E-state index in [0.29, 0.717) is 23.2 Å². The van der Waals surface area contributed by atoms with Crippen molar-refractivity contribution in [2.45, 2.75) is 110 Å². The maximum Gasteiger partial charge on any atom is 0.302 e. The van der Waals surface area contributed by atoms with E-state index in [4.69, 9.17) is 14.2 Å². The third-order valence-corrected chi connectivity index (χ3v) is 13.3. The Bertz CT molecular complexity index is 1220. The van der Waals surface area contributed by atoms with Crippen molar-refractivity contribution in [2.24, 2.45) is 52.3 Å². The van der Waals surface area contributed by atoms with E-state index in [2.05, 4.69) is 58.0 Å². The first-order chi connectivity index (χ1) is 19.6.